The second-order valence-electron chi connectivity index (χ2n) is 19.6. The van der Waals surface area contributed by atoms with E-state index in [0.717, 1.165) is 12.1 Å². The molecular formula is C58H50B3F4IrN26. The number of hydrogen-bond acceptors (Lipinski definition) is 14. The molecule has 16 rings (SSSR count). The Bertz CT molecular complexity index is 3780. The van der Waals surface area contributed by atoms with Gasteiger partial charge in [0.05, 0.1) is 11.4 Å². The molecule has 0 aliphatic heterocycles. The molecule has 92 heavy (non-hydrogen) atoms. The minimum atomic E-state index is -1.83. The van der Waals surface area contributed by atoms with Gasteiger partial charge in [-0.15, -0.1) is 0 Å². The van der Waals surface area contributed by atoms with Crippen molar-refractivity contribution >= 4 is 20.1 Å². The summed E-state index contributed by atoms with van der Waals surface area (Å²) in [7, 11) is 0. The summed E-state index contributed by atoms with van der Waals surface area (Å²) in [5.74, 6) is -2.35. The molecular weight excluding hydrogens is 1360 g/mol. The SMILES string of the molecule is Fc1ccc(-c2ccccn2)c(F)c1.Fc1ccc(-c2ccccn2)c(F)c1.[Ir+3].c1cnn([B-](n2cccn2)(n2cccn2)n2cccn2)c1.c1cnn([B-](n2cccn2)(n2cccn2)n2cccn2)c1.c1cnn([B-](n2cccn2)(n2cccn2)n2cccn2)c1. The van der Waals surface area contributed by atoms with Gasteiger partial charge in [-0.2, -0.15) is 0 Å². The fourth-order valence-electron chi connectivity index (χ4n) is 10.4. The third-order valence-electron chi connectivity index (χ3n) is 14.3. The van der Waals surface area contributed by atoms with Crippen LogP contribution >= 0.6 is 0 Å². The van der Waals surface area contributed by atoms with E-state index in [9.17, 15) is 17.6 Å². The van der Waals surface area contributed by atoms with E-state index in [-0.39, 0.29) is 20.1 Å². The largest absolute Gasteiger partial charge is 3.00 e. The molecule has 0 aliphatic rings. The molecule has 0 radical (unpaired) electrons. The number of benzene rings is 2. The molecule has 34 heteroatoms. The summed E-state index contributed by atoms with van der Waals surface area (Å²) in [4.78, 5) is 7.95. The molecule has 2 aromatic carbocycles. The summed E-state index contributed by atoms with van der Waals surface area (Å²) in [5.41, 5.74) is 1.63. The third kappa shape index (κ3) is 12.2. The van der Waals surface area contributed by atoms with E-state index in [1.807, 2.05) is 202 Å². The third-order valence-corrected chi connectivity index (χ3v) is 14.3. The number of rotatable bonds is 14. The van der Waals surface area contributed by atoms with E-state index < -0.39 is 43.3 Å². The Kier molecular flexibility index (Phi) is 18.9. The predicted molar refractivity (Wildman–Crippen MR) is 328 cm³/mol. The van der Waals surface area contributed by atoms with E-state index in [4.69, 9.17) is 0 Å². The number of hydrogen-bond donors (Lipinski definition) is 0. The van der Waals surface area contributed by atoms with Gasteiger partial charge in [-0.1, -0.05) is 12.1 Å². The smallest absolute Gasteiger partial charge is 0.379 e. The zero-order valence-corrected chi connectivity index (χ0v) is 50.5. The molecule has 0 saturated carbocycles. The van der Waals surface area contributed by atoms with Crippen molar-refractivity contribution in [3.63, 3.8) is 0 Å². The normalized spacial score (nSPS) is 11.2. The van der Waals surface area contributed by atoms with E-state index in [2.05, 4.69) is 71.2 Å². The van der Waals surface area contributed by atoms with Crippen LogP contribution in [0.15, 0.2) is 307 Å². The molecule has 458 valence electrons. The van der Waals surface area contributed by atoms with Crippen LogP contribution in [0.1, 0.15) is 0 Å². The average Bonchev–Trinajstić information content (AvgIpc) is 1.48. The van der Waals surface area contributed by atoms with Crippen molar-refractivity contribution in [3.05, 3.63) is 330 Å². The van der Waals surface area contributed by atoms with E-state index in [1.54, 1.807) is 123 Å². The maximum absolute atomic E-state index is 13.3. The van der Waals surface area contributed by atoms with Gasteiger partial charge in [0.15, 0.2) is 0 Å². The molecule has 26 nitrogen and oxygen atoms in total. The van der Waals surface area contributed by atoms with Crippen molar-refractivity contribution in [2.45, 2.75) is 0 Å². The van der Waals surface area contributed by atoms with Crippen LogP contribution in [0.2, 0.25) is 0 Å². The van der Waals surface area contributed by atoms with Crippen LogP contribution in [0.25, 0.3) is 22.5 Å². The topological polar surface area (TPSA) is 240 Å². The van der Waals surface area contributed by atoms with Gasteiger partial charge < -0.3 is 55.1 Å². The molecule has 0 spiro atoms. The van der Waals surface area contributed by atoms with Crippen molar-refractivity contribution in [1.29, 1.82) is 0 Å². The van der Waals surface area contributed by atoms with Gasteiger partial charge in [-0.3, -0.25) is 9.97 Å². The quantitative estimate of drug-likeness (QED) is 0.0770. The standard InChI is InChI=1S/3C12H12BN8.2C11H7F2N.Ir/c3*1-5-14-18(9-1)13(19-10-2-6-15-19,20-11-3-7-16-20)21-12-4-8-17-21;2*12-8-4-5-9(10(13)7-8)11-3-1-2-6-14-11;/h3*1-12H;2*1-7H;/q3*-1;;;+3. The second-order valence-corrected chi connectivity index (χ2v) is 19.6. The minimum absolute atomic E-state index is 0. The van der Waals surface area contributed by atoms with E-state index in [1.165, 1.54) is 24.3 Å². The van der Waals surface area contributed by atoms with Crippen LogP contribution in [0.4, 0.5) is 17.6 Å². The van der Waals surface area contributed by atoms with Gasteiger partial charge in [0.1, 0.15) is 23.3 Å². The molecule has 0 fully saturated rings. The van der Waals surface area contributed by atoms with Gasteiger partial charge in [-0.25, -0.2) is 78.7 Å². The summed E-state index contributed by atoms with van der Waals surface area (Å²) in [6.07, 6.45) is 46.4. The van der Waals surface area contributed by atoms with Crippen LogP contribution in [-0.4, -0.2) is 146 Å². The van der Waals surface area contributed by atoms with Gasteiger partial charge in [-0.05, 0) is 196 Å². The van der Waals surface area contributed by atoms with Gasteiger partial charge in [0.25, 0.3) is 0 Å². The molecule has 0 bridgehead atoms. The van der Waals surface area contributed by atoms with Gasteiger partial charge in [0.2, 0.25) is 0 Å². The molecule has 0 amide bonds. The average molecular weight is 1410 g/mol. The van der Waals surface area contributed by atoms with Crippen molar-refractivity contribution in [1.82, 2.24) is 126 Å². The fourth-order valence-corrected chi connectivity index (χ4v) is 10.4. The Morgan fingerprint density at radius 2 is 0.424 bits per heavy atom. The molecule has 0 N–H and O–H groups in total. The Labute approximate surface area is 533 Å². The first-order valence-electron chi connectivity index (χ1n) is 28.0. The fraction of sp³-hybridized carbons (Fsp3) is 0. The summed E-state index contributed by atoms with van der Waals surface area (Å²) >= 11 is 0. The van der Waals surface area contributed by atoms with Crippen molar-refractivity contribution in [2.75, 3.05) is 0 Å². The Morgan fingerprint density at radius 1 is 0.228 bits per heavy atom. The Morgan fingerprint density at radius 3 is 0.565 bits per heavy atom. The first-order valence-corrected chi connectivity index (χ1v) is 28.0. The minimum Gasteiger partial charge on any atom is -0.379 e. The molecule has 0 saturated heterocycles. The Hall–Kier alpha value is -12.2. The van der Waals surface area contributed by atoms with Crippen molar-refractivity contribution in [2.24, 2.45) is 0 Å². The molecule has 14 heterocycles. The number of pyridine rings is 2. The monoisotopic (exact) mass is 1410 g/mol. The number of halogens is 4. The second kappa shape index (κ2) is 28.3. The molecule has 0 aliphatic carbocycles. The van der Waals surface area contributed by atoms with Crippen molar-refractivity contribution in [3.8, 4) is 22.5 Å². The molecule has 14 aromatic heterocycles. The maximum atomic E-state index is 13.3. The number of nitrogens with zero attached hydrogens (tertiary/aromatic N) is 26. The zero-order valence-electron chi connectivity index (χ0n) is 48.1. The summed E-state index contributed by atoms with van der Waals surface area (Å²) in [6.45, 7) is -5.50. The van der Waals surface area contributed by atoms with Crippen LogP contribution in [0, 0.1) is 23.3 Å². The van der Waals surface area contributed by atoms with E-state index >= 15 is 0 Å². The van der Waals surface area contributed by atoms with Gasteiger partial charge >= 0.3 is 40.2 Å². The van der Waals surface area contributed by atoms with Crippen molar-refractivity contribution < 1.29 is 37.7 Å². The number of aromatic nitrogens is 26. The van der Waals surface area contributed by atoms with Crippen LogP contribution in [0.5, 0.6) is 0 Å². The first-order chi connectivity index (χ1) is 44.8. The summed E-state index contributed by atoms with van der Waals surface area (Å²) < 4.78 is 73.5. The Balaban J connectivity index is 0.000000119. The van der Waals surface area contributed by atoms with Crippen LogP contribution in [-0.2, 0) is 20.1 Å². The maximum Gasteiger partial charge on any atom is 3.00 e. The molecule has 16 aromatic rings. The molecule has 0 unspecified atom stereocenters. The van der Waals surface area contributed by atoms with Crippen LogP contribution in [0.3, 0.4) is 0 Å². The molecule has 0 atom stereocenters. The summed E-state index contributed by atoms with van der Waals surface area (Å²) in [5, 5.41) is 53.0. The first kappa shape index (κ1) is 61.5. The summed E-state index contributed by atoms with van der Waals surface area (Å²) in [6, 6.07) is 39.7. The van der Waals surface area contributed by atoms with E-state index in [0.29, 0.717) is 22.5 Å². The zero-order chi connectivity index (χ0) is 62.3. The van der Waals surface area contributed by atoms with Crippen LogP contribution < -0.4 is 0 Å². The predicted octanol–water partition coefficient (Wildman–Crippen LogP) is 7.25. The van der Waals surface area contributed by atoms with Gasteiger partial charge in [0, 0.05) is 110 Å².